The van der Waals surface area contributed by atoms with Gasteiger partial charge in [0.2, 0.25) is 0 Å². The van der Waals surface area contributed by atoms with Crippen molar-refractivity contribution < 1.29 is 5.11 Å². The highest BCUT2D eigenvalue weighted by molar-refractivity contribution is 4.98. The summed E-state index contributed by atoms with van der Waals surface area (Å²) >= 11 is 0. The van der Waals surface area contributed by atoms with Crippen LogP contribution in [0.3, 0.4) is 0 Å². The van der Waals surface area contributed by atoms with Gasteiger partial charge in [-0.05, 0) is 62.3 Å². The molecule has 2 rings (SSSR count). The predicted molar refractivity (Wildman–Crippen MR) is 76.6 cm³/mol. The molecule has 0 bridgehead atoms. The summed E-state index contributed by atoms with van der Waals surface area (Å²) in [6, 6.07) is 0.335. The number of hydrogen-bond donors (Lipinski definition) is 2. The summed E-state index contributed by atoms with van der Waals surface area (Å²) in [7, 11) is 0. The standard InChI is InChI=1S/C16H31NO/c1-12-7-10-17-14(11-12)16(18)8-5-13(6-9-16)15(2,3)4/h12-14,17-18H,5-11H2,1-4H3. The fourth-order valence-electron chi connectivity index (χ4n) is 3.85. The number of aliphatic hydroxyl groups is 1. The van der Waals surface area contributed by atoms with Crippen molar-refractivity contribution in [2.45, 2.75) is 77.9 Å². The van der Waals surface area contributed by atoms with Gasteiger partial charge >= 0.3 is 0 Å². The van der Waals surface area contributed by atoms with E-state index in [2.05, 4.69) is 33.0 Å². The molecule has 2 aliphatic rings. The van der Waals surface area contributed by atoms with Gasteiger partial charge in [-0.25, -0.2) is 0 Å². The van der Waals surface area contributed by atoms with Crippen molar-refractivity contribution in [1.29, 1.82) is 0 Å². The van der Waals surface area contributed by atoms with Crippen molar-refractivity contribution in [3.8, 4) is 0 Å². The Morgan fingerprint density at radius 2 is 1.72 bits per heavy atom. The van der Waals surface area contributed by atoms with Gasteiger partial charge in [0.05, 0.1) is 5.60 Å². The molecule has 2 nitrogen and oxygen atoms in total. The Kier molecular flexibility index (Phi) is 4.08. The third-order valence-corrected chi connectivity index (χ3v) is 5.39. The molecule has 0 spiro atoms. The van der Waals surface area contributed by atoms with Crippen LogP contribution < -0.4 is 5.32 Å². The average molecular weight is 253 g/mol. The Labute approximate surface area is 113 Å². The smallest absolute Gasteiger partial charge is 0.0800 e. The van der Waals surface area contributed by atoms with Gasteiger partial charge < -0.3 is 10.4 Å². The number of hydrogen-bond acceptors (Lipinski definition) is 2. The molecule has 0 aromatic carbocycles. The first-order valence-corrected chi connectivity index (χ1v) is 7.77. The summed E-state index contributed by atoms with van der Waals surface area (Å²) in [6.07, 6.45) is 6.76. The molecule has 0 aromatic heterocycles. The summed E-state index contributed by atoms with van der Waals surface area (Å²) in [5.74, 6) is 1.54. The highest BCUT2D eigenvalue weighted by Crippen LogP contribution is 2.43. The van der Waals surface area contributed by atoms with Gasteiger partial charge in [-0.2, -0.15) is 0 Å². The minimum absolute atomic E-state index is 0.335. The van der Waals surface area contributed by atoms with E-state index < -0.39 is 5.60 Å². The van der Waals surface area contributed by atoms with Gasteiger partial charge in [-0.1, -0.05) is 27.7 Å². The average Bonchev–Trinajstić information content (AvgIpc) is 2.28. The second-order valence-electron chi connectivity index (χ2n) is 7.88. The predicted octanol–water partition coefficient (Wildman–Crippen LogP) is 3.34. The molecule has 2 fully saturated rings. The molecule has 2 atom stereocenters. The van der Waals surface area contributed by atoms with E-state index in [0.717, 1.165) is 37.6 Å². The molecule has 0 radical (unpaired) electrons. The summed E-state index contributed by atoms with van der Waals surface area (Å²) in [6.45, 7) is 10.4. The van der Waals surface area contributed by atoms with Crippen LogP contribution >= 0.6 is 0 Å². The van der Waals surface area contributed by atoms with E-state index in [4.69, 9.17) is 0 Å². The number of rotatable bonds is 1. The molecule has 0 amide bonds. The lowest BCUT2D eigenvalue weighted by molar-refractivity contribution is -0.0631. The molecule has 1 heterocycles. The van der Waals surface area contributed by atoms with Crippen LogP contribution in [0.4, 0.5) is 0 Å². The molecule has 2 unspecified atom stereocenters. The maximum absolute atomic E-state index is 10.9. The SMILES string of the molecule is CC1CCNC(C2(O)CCC(C(C)(C)C)CC2)C1. The van der Waals surface area contributed by atoms with Crippen LogP contribution in [-0.4, -0.2) is 23.3 Å². The van der Waals surface area contributed by atoms with E-state index in [0.29, 0.717) is 11.5 Å². The van der Waals surface area contributed by atoms with E-state index >= 15 is 0 Å². The normalized spacial score (nSPS) is 42.8. The second kappa shape index (κ2) is 5.13. The van der Waals surface area contributed by atoms with Crippen LogP contribution in [0.5, 0.6) is 0 Å². The van der Waals surface area contributed by atoms with Gasteiger partial charge in [-0.3, -0.25) is 0 Å². The van der Waals surface area contributed by atoms with Crippen LogP contribution in [0.2, 0.25) is 0 Å². The third kappa shape index (κ3) is 3.08. The van der Waals surface area contributed by atoms with Crippen molar-refractivity contribution in [2.24, 2.45) is 17.3 Å². The Morgan fingerprint density at radius 1 is 1.11 bits per heavy atom. The van der Waals surface area contributed by atoms with E-state index in [9.17, 15) is 5.11 Å². The number of nitrogens with one attached hydrogen (secondary N) is 1. The Bertz CT molecular complexity index is 273. The van der Waals surface area contributed by atoms with Gasteiger partial charge in [0.15, 0.2) is 0 Å². The molecule has 0 aromatic rings. The van der Waals surface area contributed by atoms with E-state index in [1.807, 2.05) is 0 Å². The second-order valence-corrected chi connectivity index (χ2v) is 7.88. The molecule has 2 N–H and O–H groups in total. The molecule has 2 heteroatoms. The molecular weight excluding hydrogens is 222 g/mol. The van der Waals surface area contributed by atoms with Crippen molar-refractivity contribution in [2.75, 3.05) is 6.54 Å². The van der Waals surface area contributed by atoms with Gasteiger partial charge in [0, 0.05) is 6.04 Å². The van der Waals surface area contributed by atoms with Crippen molar-refractivity contribution >= 4 is 0 Å². The molecule has 1 aliphatic carbocycles. The summed E-state index contributed by atoms with van der Waals surface area (Å²) in [4.78, 5) is 0. The van der Waals surface area contributed by atoms with E-state index in [-0.39, 0.29) is 0 Å². The Hall–Kier alpha value is -0.0800. The van der Waals surface area contributed by atoms with Crippen LogP contribution in [0.25, 0.3) is 0 Å². The third-order valence-electron chi connectivity index (χ3n) is 5.39. The van der Waals surface area contributed by atoms with Crippen LogP contribution in [0.1, 0.15) is 66.2 Å². The van der Waals surface area contributed by atoms with Crippen LogP contribution in [0.15, 0.2) is 0 Å². The zero-order valence-corrected chi connectivity index (χ0v) is 12.6. The van der Waals surface area contributed by atoms with Crippen LogP contribution in [-0.2, 0) is 0 Å². The molecule has 106 valence electrons. The fraction of sp³-hybridized carbons (Fsp3) is 1.00. The topological polar surface area (TPSA) is 32.3 Å². The highest BCUT2D eigenvalue weighted by atomic mass is 16.3. The largest absolute Gasteiger partial charge is 0.388 e. The summed E-state index contributed by atoms with van der Waals surface area (Å²) < 4.78 is 0. The minimum atomic E-state index is -0.434. The zero-order chi connectivity index (χ0) is 13.4. The lowest BCUT2D eigenvalue weighted by atomic mass is 9.65. The minimum Gasteiger partial charge on any atom is -0.388 e. The summed E-state index contributed by atoms with van der Waals surface area (Å²) in [5.41, 5.74) is -0.0367. The first kappa shape index (κ1) is 14.3. The van der Waals surface area contributed by atoms with Crippen molar-refractivity contribution in [3.05, 3.63) is 0 Å². The van der Waals surface area contributed by atoms with Crippen LogP contribution in [0, 0.1) is 17.3 Å². The van der Waals surface area contributed by atoms with Gasteiger partial charge in [0.25, 0.3) is 0 Å². The fourth-order valence-corrected chi connectivity index (χ4v) is 3.85. The van der Waals surface area contributed by atoms with Gasteiger partial charge in [0.1, 0.15) is 0 Å². The van der Waals surface area contributed by atoms with Crippen molar-refractivity contribution in [1.82, 2.24) is 5.32 Å². The lowest BCUT2D eigenvalue weighted by Crippen LogP contribution is -2.56. The van der Waals surface area contributed by atoms with Gasteiger partial charge in [-0.15, -0.1) is 0 Å². The first-order chi connectivity index (χ1) is 8.31. The van der Waals surface area contributed by atoms with E-state index in [1.165, 1.54) is 19.3 Å². The van der Waals surface area contributed by atoms with Crippen molar-refractivity contribution in [3.63, 3.8) is 0 Å². The zero-order valence-electron chi connectivity index (χ0n) is 12.6. The molecular formula is C16H31NO. The monoisotopic (exact) mass is 253 g/mol. The summed E-state index contributed by atoms with van der Waals surface area (Å²) in [5, 5.41) is 14.5. The lowest BCUT2D eigenvalue weighted by Gasteiger charge is -2.47. The quantitative estimate of drug-likeness (QED) is 0.751. The first-order valence-electron chi connectivity index (χ1n) is 7.77. The molecule has 1 saturated carbocycles. The Balaban J connectivity index is 1.94. The maximum atomic E-state index is 10.9. The molecule has 1 saturated heterocycles. The molecule has 1 aliphatic heterocycles. The molecule has 18 heavy (non-hydrogen) atoms. The maximum Gasteiger partial charge on any atom is 0.0800 e. The Morgan fingerprint density at radius 3 is 2.22 bits per heavy atom. The highest BCUT2D eigenvalue weighted by Gasteiger charge is 2.43. The van der Waals surface area contributed by atoms with E-state index in [1.54, 1.807) is 0 Å². The number of piperidine rings is 1.